The predicted octanol–water partition coefficient (Wildman–Crippen LogP) is 3.60. The number of aliphatic imine (C=N–C) groups is 1. The van der Waals surface area contributed by atoms with E-state index in [4.69, 9.17) is 5.26 Å². The molecule has 0 bridgehead atoms. The van der Waals surface area contributed by atoms with Gasteiger partial charge in [0.2, 0.25) is 16.0 Å². The van der Waals surface area contributed by atoms with E-state index in [0.29, 0.717) is 17.2 Å². The zero-order valence-corrected chi connectivity index (χ0v) is 16.6. The molecule has 0 amide bonds. The molecule has 2 aromatic rings. The van der Waals surface area contributed by atoms with Crippen molar-refractivity contribution >= 4 is 21.7 Å². The molecule has 0 atom stereocenters. The maximum absolute atomic E-state index is 11.7. The molecule has 1 aliphatic rings. The van der Waals surface area contributed by atoms with Crippen molar-refractivity contribution in [1.29, 1.82) is 5.26 Å². The van der Waals surface area contributed by atoms with Crippen LogP contribution in [-0.2, 0) is 10.0 Å². The zero-order chi connectivity index (χ0) is 20.0. The Morgan fingerprint density at radius 3 is 2.25 bits per heavy atom. The van der Waals surface area contributed by atoms with E-state index in [-0.39, 0.29) is 12.0 Å². The van der Waals surface area contributed by atoms with Crippen LogP contribution in [0.2, 0.25) is 0 Å². The highest BCUT2D eigenvalue weighted by molar-refractivity contribution is 7.89. The lowest BCUT2D eigenvalue weighted by Gasteiger charge is -2.27. The Hall–Kier alpha value is -2.85. The fourth-order valence-corrected chi connectivity index (χ4v) is 3.93. The van der Waals surface area contributed by atoms with Crippen LogP contribution in [0.4, 0.5) is 5.69 Å². The van der Waals surface area contributed by atoms with Crippen molar-refractivity contribution in [3.05, 3.63) is 65.7 Å². The van der Waals surface area contributed by atoms with Crippen LogP contribution in [0.25, 0.3) is 0 Å². The number of nitrogens with one attached hydrogen (secondary N) is 2. The van der Waals surface area contributed by atoms with Gasteiger partial charge in [-0.1, -0.05) is 30.3 Å². The number of rotatable bonds is 4. The molecule has 0 heterocycles. The van der Waals surface area contributed by atoms with E-state index in [9.17, 15) is 8.42 Å². The molecule has 0 aromatic heterocycles. The fourth-order valence-electron chi connectivity index (χ4n) is 3.47. The minimum Gasteiger partial charge on any atom is -0.326 e. The monoisotopic (exact) mass is 396 g/mol. The average molecular weight is 397 g/mol. The SMILES string of the molecule is CS(=O)(=O)NC(=NC1CCC(c2ccccc2)CC1)Nc1ccc(C#N)cc1. The first-order valence-corrected chi connectivity index (χ1v) is 11.2. The van der Waals surface area contributed by atoms with Gasteiger partial charge in [-0.25, -0.2) is 13.4 Å². The Morgan fingerprint density at radius 2 is 1.68 bits per heavy atom. The summed E-state index contributed by atoms with van der Waals surface area (Å²) in [5.74, 6) is 0.751. The largest absolute Gasteiger partial charge is 0.326 e. The third-order valence-corrected chi connectivity index (χ3v) is 5.40. The number of nitrogens with zero attached hydrogens (tertiary/aromatic N) is 2. The summed E-state index contributed by atoms with van der Waals surface area (Å²) in [6.45, 7) is 0. The second-order valence-corrected chi connectivity index (χ2v) is 8.83. The van der Waals surface area contributed by atoms with Gasteiger partial charge in [0, 0.05) is 5.69 Å². The highest BCUT2D eigenvalue weighted by Gasteiger charge is 2.22. The van der Waals surface area contributed by atoms with Crippen molar-refractivity contribution in [1.82, 2.24) is 4.72 Å². The lowest BCUT2D eigenvalue weighted by Crippen LogP contribution is -2.36. The first kappa shape index (κ1) is 19.9. The molecule has 6 nitrogen and oxygen atoms in total. The summed E-state index contributed by atoms with van der Waals surface area (Å²) in [6.07, 6.45) is 4.98. The number of anilines is 1. The number of benzene rings is 2. The van der Waals surface area contributed by atoms with Crippen LogP contribution in [0.1, 0.15) is 42.7 Å². The molecule has 2 aromatic carbocycles. The van der Waals surface area contributed by atoms with Crippen LogP contribution in [0.5, 0.6) is 0 Å². The van der Waals surface area contributed by atoms with Crippen LogP contribution in [-0.4, -0.2) is 26.7 Å². The van der Waals surface area contributed by atoms with Gasteiger partial charge in [-0.2, -0.15) is 5.26 Å². The minimum atomic E-state index is -3.46. The van der Waals surface area contributed by atoms with Gasteiger partial charge in [0.25, 0.3) is 0 Å². The highest BCUT2D eigenvalue weighted by atomic mass is 32.2. The minimum absolute atomic E-state index is 0.0649. The molecule has 2 N–H and O–H groups in total. The number of hydrogen-bond donors (Lipinski definition) is 2. The third kappa shape index (κ3) is 5.83. The molecule has 0 radical (unpaired) electrons. The molecular formula is C21H24N4O2S. The molecule has 0 aliphatic heterocycles. The summed E-state index contributed by atoms with van der Waals surface area (Å²) in [5.41, 5.74) is 2.57. The van der Waals surface area contributed by atoms with Crippen LogP contribution in [0, 0.1) is 11.3 Å². The standard InChI is InChI=1S/C21H24N4O2S/c1-28(26,27)25-21(23-19-11-7-16(15-22)8-12-19)24-20-13-9-18(10-14-20)17-5-3-2-4-6-17/h2-8,11-12,18,20H,9-10,13-14H2,1H3,(H2,23,24,25). The Labute approximate surface area is 166 Å². The van der Waals surface area contributed by atoms with Crippen molar-refractivity contribution in [2.75, 3.05) is 11.6 Å². The summed E-state index contributed by atoms with van der Waals surface area (Å²) in [5, 5.41) is 11.9. The Kier molecular flexibility index (Phi) is 6.32. The van der Waals surface area contributed by atoms with Gasteiger partial charge in [0.1, 0.15) is 0 Å². The maximum Gasteiger partial charge on any atom is 0.232 e. The molecule has 1 fully saturated rings. The fraction of sp³-hybridized carbons (Fsp3) is 0.333. The van der Waals surface area contributed by atoms with Gasteiger partial charge >= 0.3 is 0 Å². The van der Waals surface area contributed by atoms with Crippen LogP contribution >= 0.6 is 0 Å². The molecule has 0 spiro atoms. The summed E-state index contributed by atoms with van der Waals surface area (Å²) in [6, 6.07) is 19.4. The summed E-state index contributed by atoms with van der Waals surface area (Å²) >= 11 is 0. The first-order valence-electron chi connectivity index (χ1n) is 9.30. The molecule has 1 saturated carbocycles. The van der Waals surface area contributed by atoms with E-state index in [1.54, 1.807) is 24.3 Å². The molecule has 7 heteroatoms. The van der Waals surface area contributed by atoms with Crippen LogP contribution in [0.3, 0.4) is 0 Å². The Bertz CT molecular complexity index is 956. The van der Waals surface area contributed by atoms with Gasteiger partial charge < -0.3 is 5.32 Å². The summed E-state index contributed by atoms with van der Waals surface area (Å²) in [4.78, 5) is 4.64. The van der Waals surface area contributed by atoms with Gasteiger partial charge in [-0.3, -0.25) is 4.72 Å². The van der Waals surface area contributed by atoms with Crippen LogP contribution < -0.4 is 10.0 Å². The summed E-state index contributed by atoms with van der Waals surface area (Å²) < 4.78 is 25.9. The number of nitriles is 1. The molecule has 0 unspecified atom stereocenters. The molecule has 3 rings (SSSR count). The van der Waals surface area contributed by atoms with E-state index in [1.807, 2.05) is 6.07 Å². The van der Waals surface area contributed by atoms with E-state index >= 15 is 0 Å². The Balaban J connectivity index is 1.69. The summed E-state index contributed by atoms with van der Waals surface area (Å²) in [7, 11) is -3.46. The number of sulfonamides is 1. The highest BCUT2D eigenvalue weighted by Crippen LogP contribution is 2.33. The normalized spacial score (nSPS) is 20.2. The van der Waals surface area contributed by atoms with Crippen molar-refractivity contribution in [2.45, 2.75) is 37.6 Å². The van der Waals surface area contributed by atoms with E-state index in [1.165, 1.54) is 5.56 Å². The van der Waals surface area contributed by atoms with Gasteiger partial charge in [0.15, 0.2) is 0 Å². The van der Waals surface area contributed by atoms with E-state index in [2.05, 4.69) is 45.4 Å². The topological polar surface area (TPSA) is 94.3 Å². The van der Waals surface area contributed by atoms with E-state index < -0.39 is 10.0 Å². The van der Waals surface area contributed by atoms with Crippen LogP contribution in [0.15, 0.2) is 59.6 Å². The predicted molar refractivity (Wildman–Crippen MR) is 112 cm³/mol. The van der Waals surface area contributed by atoms with Gasteiger partial charge in [-0.05, 0) is 61.4 Å². The van der Waals surface area contributed by atoms with Crippen molar-refractivity contribution < 1.29 is 8.42 Å². The molecular weight excluding hydrogens is 372 g/mol. The second kappa shape index (κ2) is 8.89. The van der Waals surface area contributed by atoms with Crippen molar-refractivity contribution in [3.63, 3.8) is 0 Å². The molecule has 146 valence electrons. The van der Waals surface area contributed by atoms with E-state index in [0.717, 1.165) is 31.9 Å². The van der Waals surface area contributed by atoms with Crippen molar-refractivity contribution in [2.24, 2.45) is 4.99 Å². The lowest BCUT2D eigenvalue weighted by atomic mass is 9.82. The zero-order valence-electron chi connectivity index (χ0n) is 15.8. The molecule has 1 aliphatic carbocycles. The second-order valence-electron chi connectivity index (χ2n) is 7.08. The first-order chi connectivity index (χ1) is 13.4. The smallest absolute Gasteiger partial charge is 0.232 e. The number of guanidine groups is 1. The maximum atomic E-state index is 11.7. The van der Waals surface area contributed by atoms with Crippen molar-refractivity contribution in [3.8, 4) is 6.07 Å². The average Bonchev–Trinajstić information content (AvgIpc) is 2.68. The third-order valence-electron chi connectivity index (χ3n) is 4.84. The van der Waals surface area contributed by atoms with Gasteiger partial charge in [-0.15, -0.1) is 0 Å². The Morgan fingerprint density at radius 1 is 1.04 bits per heavy atom. The lowest BCUT2D eigenvalue weighted by molar-refractivity contribution is 0.397. The van der Waals surface area contributed by atoms with Gasteiger partial charge in [0.05, 0.1) is 23.9 Å². The quantitative estimate of drug-likeness (QED) is 0.610. The number of hydrogen-bond acceptors (Lipinski definition) is 4. The molecule has 28 heavy (non-hydrogen) atoms. The molecule has 0 saturated heterocycles.